The minimum absolute atomic E-state index is 0.103. The lowest BCUT2D eigenvalue weighted by Gasteiger charge is -2.08. The number of nitrogens with one attached hydrogen (secondary N) is 1. The van der Waals surface area contributed by atoms with Crippen molar-refractivity contribution in [1.29, 1.82) is 0 Å². The number of thiazole rings is 1. The average molecular weight is 421 g/mol. The van der Waals surface area contributed by atoms with E-state index in [0.717, 1.165) is 33.3 Å². The van der Waals surface area contributed by atoms with Crippen LogP contribution in [-0.4, -0.2) is 27.0 Å². The first-order valence-electron chi connectivity index (χ1n) is 9.87. The SMILES string of the molecule is Cc1ccc(OCc2nc(C)c(C(=O)NCCn3c(C)nc4ccccc43)s2)cc1. The van der Waals surface area contributed by atoms with E-state index in [-0.39, 0.29) is 5.91 Å². The lowest BCUT2D eigenvalue weighted by atomic mass is 10.2. The number of hydrogen-bond acceptors (Lipinski definition) is 5. The van der Waals surface area contributed by atoms with E-state index in [1.165, 1.54) is 16.9 Å². The molecule has 0 spiro atoms. The zero-order valence-electron chi connectivity index (χ0n) is 17.3. The third-order valence-corrected chi connectivity index (χ3v) is 6.03. The number of benzene rings is 2. The number of para-hydroxylation sites is 2. The van der Waals surface area contributed by atoms with E-state index in [9.17, 15) is 4.79 Å². The summed E-state index contributed by atoms with van der Waals surface area (Å²) >= 11 is 1.38. The van der Waals surface area contributed by atoms with E-state index >= 15 is 0 Å². The largest absolute Gasteiger partial charge is 0.486 e. The maximum absolute atomic E-state index is 12.7. The van der Waals surface area contributed by atoms with Crippen LogP contribution in [0.25, 0.3) is 11.0 Å². The summed E-state index contributed by atoms with van der Waals surface area (Å²) in [6.45, 7) is 7.41. The molecule has 0 saturated carbocycles. The second-order valence-corrected chi connectivity index (χ2v) is 8.26. The lowest BCUT2D eigenvalue weighted by molar-refractivity contribution is 0.0955. The molecule has 2 heterocycles. The van der Waals surface area contributed by atoms with Gasteiger partial charge in [-0.3, -0.25) is 4.79 Å². The highest BCUT2D eigenvalue weighted by Gasteiger charge is 2.16. The number of fused-ring (bicyclic) bond motifs is 1. The number of nitrogens with zero attached hydrogens (tertiary/aromatic N) is 3. The molecule has 0 radical (unpaired) electrons. The normalized spacial score (nSPS) is 11.0. The highest BCUT2D eigenvalue weighted by Crippen LogP contribution is 2.21. The van der Waals surface area contributed by atoms with Crippen LogP contribution in [0.1, 0.15) is 31.8 Å². The molecule has 4 rings (SSSR count). The number of ether oxygens (including phenoxy) is 1. The van der Waals surface area contributed by atoms with E-state index in [2.05, 4.69) is 19.9 Å². The van der Waals surface area contributed by atoms with Crippen molar-refractivity contribution >= 4 is 28.3 Å². The monoisotopic (exact) mass is 420 g/mol. The fourth-order valence-corrected chi connectivity index (χ4v) is 4.24. The Kier molecular flexibility index (Phi) is 5.81. The molecule has 1 amide bonds. The van der Waals surface area contributed by atoms with Crippen LogP contribution >= 0.6 is 11.3 Å². The Bertz CT molecular complexity index is 1180. The summed E-state index contributed by atoms with van der Waals surface area (Å²) < 4.78 is 7.91. The van der Waals surface area contributed by atoms with E-state index in [1.54, 1.807) is 0 Å². The van der Waals surface area contributed by atoms with E-state index in [0.29, 0.717) is 24.6 Å². The lowest BCUT2D eigenvalue weighted by Crippen LogP contribution is -2.27. The van der Waals surface area contributed by atoms with Crippen molar-refractivity contribution in [3.8, 4) is 5.75 Å². The van der Waals surface area contributed by atoms with Gasteiger partial charge in [-0.15, -0.1) is 11.3 Å². The van der Waals surface area contributed by atoms with Gasteiger partial charge in [0, 0.05) is 13.1 Å². The number of carbonyl (C=O) groups is 1. The molecule has 1 N–H and O–H groups in total. The number of aryl methyl sites for hydroxylation is 3. The fourth-order valence-electron chi connectivity index (χ4n) is 3.34. The Morgan fingerprint density at radius 2 is 1.83 bits per heavy atom. The van der Waals surface area contributed by atoms with Crippen molar-refractivity contribution in [3.05, 3.63) is 75.5 Å². The number of aromatic nitrogens is 3. The molecular formula is C23H24N4O2S. The smallest absolute Gasteiger partial charge is 0.263 e. The van der Waals surface area contributed by atoms with Gasteiger partial charge in [0.25, 0.3) is 5.91 Å². The Labute approximate surface area is 179 Å². The van der Waals surface area contributed by atoms with Gasteiger partial charge >= 0.3 is 0 Å². The summed E-state index contributed by atoms with van der Waals surface area (Å²) in [6, 6.07) is 15.9. The minimum Gasteiger partial charge on any atom is -0.486 e. The Balaban J connectivity index is 1.35. The topological polar surface area (TPSA) is 69.0 Å². The van der Waals surface area contributed by atoms with Gasteiger partial charge in [-0.05, 0) is 45.0 Å². The Hall–Kier alpha value is -3.19. The minimum atomic E-state index is -0.103. The first-order chi connectivity index (χ1) is 14.5. The van der Waals surface area contributed by atoms with Crippen LogP contribution in [0, 0.1) is 20.8 Å². The van der Waals surface area contributed by atoms with Crippen molar-refractivity contribution < 1.29 is 9.53 Å². The van der Waals surface area contributed by atoms with Crippen molar-refractivity contribution in [1.82, 2.24) is 19.9 Å². The van der Waals surface area contributed by atoms with Gasteiger partial charge in [-0.25, -0.2) is 9.97 Å². The van der Waals surface area contributed by atoms with Gasteiger partial charge in [0.15, 0.2) is 0 Å². The average Bonchev–Trinajstić information content (AvgIpc) is 3.27. The summed E-state index contributed by atoms with van der Waals surface area (Å²) in [5.74, 6) is 1.63. The van der Waals surface area contributed by atoms with Crippen molar-refractivity contribution in [3.63, 3.8) is 0 Å². The third kappa shape index (κ3) is 4.36. The molecule has 2 aromatic heterocycles. The van der Waals surface area contributed by atoms with E-state index < -0.39 is 0 Å². The molecule has 0 saturated heterocycles. The zero-order chi connectivity index (χ0) is 21.1. The van der Waals surface area contributed by atoms with Crippen LogP contribution in [0.15, 0.2) is 48.5 Å². The predicted octanol–water partition coefficient (Wildman–Crippen LogP) is 4.43. The number of rotatable bonds is 7. The molecule has 7 heteroatoms. The molecule has 0 aliphatic carbocycles. The zero-order valence-corrected chi connectivity index (χ0v) is 18.1. The Morgan fingerprint density at radius 3 is 2.63 bits per heavy atom. The van der Waals surface area contributed by atoms with Crippen molar-refractivity contribution in [2.45, 2.75) is 33.9 Å². The maximum atomic E-state index is 12.7. The van der Waals surface area contributed by atoms with Crippen LogP contribution in [0.3, 0.4) is 0 Å². The van der Waals surface area contributed by atoms with Crippen LogP contribution in [0.2, 0.25) is 0 Å². The second kappa shape index (κ2) is 8.67. The summed E-state index contributed by atoms with van der Waals surface area (Å²) in [5.41, 5.74) is 3.96. The van der Waals surface area contributed by atoms with Gasteiger partial charge in [0.05, 0.1) is 16.7 Å². The van der Waals surface area contributed by atoms with Crippen LogP contribution in [0.4, 0.5) is 0 Å². The molecule has 0 aliphatic rings. The highest BCUT2D eigenvalue weighted by molar-refractivity contribution is 7.13. The molecule has 30 heavy (non-hydrogen) atoms. The molecular weight excluding hydrogens is 396 g/mol. The standard InChI is InChI=1S/C23H24N4O2S/c1-15-8-10-18(11-9-15)29-14-21-25-16(2)22(30-21)23(28)24-12-13-27-17(3)26-19-6-4-5-7-20(19)27/h4-11H,12-14H2,1-3H3,(H,24,28). The Morgan fingerprint density at radius 1 is 1.07 bits per heavy atom. The number of hydrogen-bond donors (Lipinski definition) is 1. The fraction of sp³-hybridized carbons (Fsp3) is 0.261. The summed E-state index contributed by atoms with van der Waals surface area (Å²) in [4.78, 5) is 22.4. The first kappa shape index (κ1) is 20.1. The van der Waals surface area contributed by atoms with Crippen molar-refractivity contribution in [2.24, 2.45) is 0 Å². The molecule has 6 nitrogen and oxygen atoms in total. The number of carbonyl (C=O) groups excluding carboxylic acids is 1. The van der Waals surface area contributed by atoms with Gasteiger partial charge in [-0.2, -0.15) is 0 Å². The third-order valence-electron chi connectivity index (χ3n) is 4.90. The second-order valence-electron chi connectivity index (χ2n) is 7.18. The molecule has 0 fully saturated rings. The highest BCUT2D eigenvalue weighted by atomic mass is 32.1. The van der Waals surface area contributed by atoms with Gasteiger partial charge in [0.2, 0.25) is 0 Å². The maximum Gasteiger partial charge on any atom is 0.263 e. The van der Waals surface area contributed by atoms with E-state index in [4.69, 9.17) is 4.74 Å². The molecule has 0 atom stereocenters. The molecule has 0 unspecified atom stereocenters. The van der Waals surface area contributed by atoms with E-state index in [1.807, 2.05) is 69.3 Å². The van der Waals surface area contributed by atoms with Crippen LogP contribution in [-0.2, 0) is 13.2 Å². The first-order valence-corrected chi connectivity index (χ1v) is 10.7. The van der Waals surface area contributed by atoms with Gasteiger partial charge in [-0.1, -0.05) is 29.8 Å². The molecule has 4 aromatic rings. The molecule has 0 aliphatic heterocycles. The van der Waals surface area contributed by atoms with Crippen LogP contribution in [0.5, 0.6) is 5.75 Å². The summed E-state index contributed by atoms with van der Waals surface area (Å²) in [5, 5.41) is 3.79. The summed E-state index contributed by atoms with van der Waals surface area (Å²) in [7, 11) is 0. The molecule has 154 valence electrons. The van der Waals surface area contributed by atoms with Crippen LogP contribution < -0.4 is 10.1 Å². The number of imidazole rings is 1. The predicted molar refractivity (Wildman–Crippen MR) is 119 cm³/mol. The quantitative estimate of drug-likeness (QED) is 0.480. The molecule has 2 aromatic carbocycles. The summed E-state index contributed by atoms with van der Waals surface area (Å²) in [6.07, 6.45) is 0. The molecule has 0 bridgehead atoms. The van der Waals surface area contributed by atoms with Gasteiger partial charge < -0.3 is 14.6 Å². The van der Waals surface area contributed by atoms with Crippen molar-refractivity contribution in [2.75, 3.05) is 6.54 Å². The number of amides is 1. The van der Waals surface area contributed by atoms with Gasteiger partial charge in [0.1, 0.15) is 28.1 Å².